The zero-order valence-electron chi connectivity index (χ0n) is 18.9. The highest BCUT2D eigenvalue weighted by molar-refractivity contribution is 5.63. The van der Waals surface area contributed by atoms with Crippen molar-refractivity contribution in [3.05, 3.63) is 67.3 Å². The van der Waals surface area contributed by atoms with Crippen LogP contribution < -0.4 is 15.8 Å². The van der Waals surface area contributed by atoms with Crippen molar-refractivity contribution in [2.24, 2.45) is 5.73 Å². The lowest BCUT2D eigenvalue weighted by atomic mass is 10.3. The molecular weight excluding hydrogens is 418 g/mol. The second-order valence-electron chi connectivity index (χ2n) is 6.87. The minimum atomic E-state index is 0.485. The highest BCUT2D eigenvalue weighted by atomic mass is 16.5. The summed E-state index contributed by atoms with van der Waals surface area (Å²) in [6, 6.07) is 13.3. The Hall–Kier alpha value is -3.82. The Bertz CT molecular complexity index is 1100. The fraction of sp³-hybridized carbons (Fsp3) is 0.250. The number of pyridine rings is 1. The van der Waals surface area contributed by atoms with Crippen LogP contribution in [-0.4, -0.2) is 51.8 Å². The van der Waals surface area contributed by atoms with Crippen molar-refractivity contribution in [2.45, 2.75) is 13.3 Å². The zero-order valence-corrected chi connectivity index (χ0v) is 18.9. The number of imidazole rings is 1. The molecule has 0 radical (unpaired) electrons. The van der Waals surface area contributed by atoms with E-state index in [4.69, 9.17) is 10.5 Å². The van der Waals surface area contributed by atoms with Gasteiger partial charge in [0, 0.05) is 49.6 Å². The number of nitrogens with one attached hydrogen (secondary N) is 2. The van der Waals surface area contributed by atoms with Gasteiger partial charge in [-0.25, -0.2) is 15.0 Å². The van der Waals surface area contributed by atoms with E-state index >= 15 is 0 Å². The highest BCUT2D eigenvalue weighted by Crippen LogP contribution is 2.23. The smallest absolute Gasteiger partial charge is 0.227 e. The fourth-order valence-corrected chi connectivity index (χ4v) is 2.74. The summed E-state index contributed by atoms with van der Waals surface area (Å²) in [5, 5.41) is 3.21. The van der Waals surface area contributed by atoms with Gasteiger partial charge in [0.15, 0.2) is 0 Å². The van der Waals surface area contributed by atoms with Crippen LogP contribution in [0.4, 0.5) is 11.6 Å². The van der Waals surface area contributed by atoms with Crippen LogP contribution in [0.5, 0.6) is 5.75 Å². The third kappa shape index (κ3) is 7.37. The lowest BCUT2D eigenvalue weighted by Crippen LogP contribution is -2.06. The SMILES string of the molecule is CCOC.NCCCOc1cccc(Nc2nccc(-c3cnc(-c4cccnc4)[nH]3)n2)c1. The molecule has 9 heteroatoms. The van der Waals surface area contributed by atoms with Crippen molar-refractivity contribution in [3.8, 4) is 28.5 Å². The number of aromatic nitrogens is 5. The van der Waals surface area contributed by atoms with Crippen molar-refractivity contribution in [1.82, 2.24) is 24.9 Å². The van der Waals surface area contributed by atoms with Crippen molar-refractivity contribution >= 4 is 11.6 Å². The van der Waals surface area contributed by atoms with Gasteiger partial charge in [-0.3, -0.25) is 4.98 Å². The van der Waals surface area contributed by atoms with Gasteiger partial charge in [0.1, 0.15) is 11.6 Å². The molecule has 1 aromatic carbocycles. The molecule has 4 rings (SSSR count). The van der Waals surface area contributed by atoms with Gasteiger partial charge in [-0.15, -0.1) is 0 Å². The summed E-state index contributed by atoms with van der Waals surface area (Å²) >= 11 is 0. The maximum atomic E-state index is 5.68. The topological polar surface area (TPSA) is 124 Å². The first kappa shape index (κ1) is 23.8. The normalized spacial score (nSPS) is 10.3. The Balaban J connectivity index is 0.000000709. The predicted molar refractivity (Wildman–Crippen MR) is 129 cm³/mol. The monoisotopic (exact) mass is 447 g/mol. The minimum Gasteiger partial charge on any atom is -0.493 e. The second kappa shape index (κ2) is 12.9. The fourth-order valence-electron chi connectivity index (χ4n) is 2.74. The molecule has 0 saturated heterocycles. The number of ether oxygens (including phenoxy) is 2. The first-order valence-electron chi connectivity index (χ1n) is 10.7. The predicted octanol–water partition coefficient (Wildman–Crippen LogP) is 4.05. The van der Waals surface area contributed by atoms with Gasteiger partial charge in [0.05, 0.1) is 24.2 Å². The van der Waals surface area contributed by atoms with E-state index in [0.717, 1.165) is 47.2 Å². The maximum Gasteiger partial charge on any atom is 0.227 e. The Morgan fingerprint density at radius 3 is 2.70 bits per heavy atom. The molecule has 3 aromatic heterocycles. The molecule has 0 bridgehead atoms. The van der Waals surface area contributed by atoms with E-state index in [1.807, 2.05) is 49.4 Å². The molecule has 0 aliphatic heterocycles. The van der Waals surface area contributed by atoms with E-state index in [1.165, 1.54) is 0 Å². The molecule has 0 unspecified atom stereocenters. The number of H-pyrrole nitrogens is 1. The molecule has 4 N–H and O–H groups in total. The van der Waals surface area contributed by atoms with E-state index in [-0.39, 0.29) is 0 Å². The zero-order chi connectivity index (χ0) is 23.3. The van der Waals surface area contributed by atoms with Gasteiger partial charge in [0.2, 0.25) is 5.95 Å². The van der Waals surface area contributed by atoms with Gasteiger partial charge in [-0.1, -0.05) is 6.07 Å². The molecular formula is C24H29N7O2. The summed E-state index contributed by atoms with van der Waals surface area (Å²) in [6.07, 6.45) is 7.76. The number of methoxy groups -OCH3 is 1. The number of hydrogen-bond donors (Lipinski definition) is 3. The van der Waals surface area contributed by atoms with E-state index in [9.17, 15) is 0 Å². The number of aromatic amines is 1. The summed E-state index contributed by atoms with van der Waals surface area (Å²) < 4.78 is 10.2. The average molecular weight is 448 g/mol. The summed E-state index contributed by atoms with van der Waals surface area (Å²) in [6.45, 7) is 3.97. The Morgan fingerprint density at radius 2 is 1.94 bits per heavy atom. The van der Waals surface area contributed by atoms with Crippen LogP contribution in [0.3, 0.4) is 0 Å². The quantitative estimate of drug-likeness (QED) is 0.328. The molecule has 172 valence electrons. The maximum absolute atomic E-state index is 5.68. The van der Waals surface area contributed by atoms with Crippen LogP contribution in [0, 0.1) is 0 Å². The lowest BCUT2D eigenvalue weighted by Gasteiger charge is -2.09. The van der Waals surface area contributed by atoms with Crippen LogP contribution in [0.2, 0.25) is 0 Å². The molecule has 4 aromatic rings. The van der Waals surface area contributed by atoms with Crippen LogP contribution in [0.1, 0.15) is 13.3 Å². The molecule has 0 saturated carbocycles. The number of benzene rings is 1. The largest absolute Gasteiger partial charge is 0.493 e. The summed E-state index contributed by atoms with van der Waals surface area (Å²) in [4.78, 5) is 20.7. The van der Waals surface area contributed by atoms with Crippen LogP contribution in [-0.2, 0) is 4.74 Å². The average Bonchev–Trinajstić information content (AvgIpc) is 3.36. The van der Waals surface area contributed by atoms with Gasteiger partial charge >= 0.3 is 0 Å². The van der Waals surface area contributed by atoms with E-state index < -0.39 is 0 Å². The molecule has 0 amide bonds. The van der Waals surface area contributed by atoms with E-state index in [1.54, 1.807) is 31.9 Å². The molecule has 0 spiro atoms. The van der Waals surface area contributed by atoms with E-state index in [0.29, 0.717) is 19.1 Å². The number of hydrogen-bond acceptors (Lipinski definition) is 8. The third-order valence-corrected chi connectivity index (χ3v) is 4.44. The third-order valence-electron chi connectivity index (χ3n) is 4.44. The number of nitrogens with zero attached hydrogens (tertiary/aromatic N) is 4. The van der Waals surface area contributed by atoms with Gasteiger partial charge in [0.25, 0.3) is 0 Å². The first-order chi connectivity index (χ1) is 16.2. The Morgan fingerprint density at radius 1 is 1.06 bits per heavy atom. The lowest BCUT2D eigenvalue weighted by molar-refractivity contribution is 0.215. The molecule has 0 aliphatic rings. The summed E-state index contributed by atoms with van der Waals surface area (Å²) in [7, 11) is 1.68. The highest BCUT2D eigenvalue weighted by Gasteiger charge is 2.08. The number of anilines is 2. The van der Waals surface area contributed by atoms with Crippen LogP contribution in [0.25, 0.3) is 22.8 Å². The molecule has 33 heavy (non-hydrogen) atoms. The van der Waals surface area contributed by atoms with Gasteiger partial charge < -0.3 is 25.5 Å². The standard InChI is InChI=1S/C21H21N7O.C3H8O/c22-8-3-11-29-17-6-1-5-16(12-17)26-21-24-10-7-18(28-21)19-14-25-20(27-19)15-4-2-9-23-13-15;1-3-4-2/h1-2,4-7,9-10,12-14H,3,8,11,22H2,(H,25,27)(H,24,26,28);3H2,1-2H3. The van der Waals surface area contributed by atoms with Crippen LogP contribution in [0.15, 0.2) is 67.3 Å². The summed E-state index contributed by atoms with van der Waals surface area (Å²) in [5.41, 5.74) is 8.79. The van der Waals surface area contributed by atoms with E-state index in [2.05, 4.69) is 35.0 Å². The molecule has 0 fully saturated rings. The molecule has 0 aliphatic carbocycles. The van der Waals surface area contributed by atoms with Crippen LogP contribution >= 0.6 is 0 Å². The van der Waals surface area contributed by atoms with Gasteiger partial charge in [-0.2, -0.15) is 0 Å². The number of nitrogens with two attached hydrogens (primary N) is 1. The molecule has 3 heterocycles. The Labute approximate surface area is 193 Å². The van der Waals surface area contributed by atoms with Crippen molar-refractivity contribution in [1.29, 1.82) is 0 Å². The minimum absolute atomic E-state index is 0.485. The number of rotatable bonds is 9. The summed E-state index contributed by atoms with van der Waals surface area (Å²) in [5.74, 6) is 2.00. The Kier molecular flexibility index (Phi) is 9.31. The van der Waals surface area contributed by atoms with Crippen molar-refractivity contribution < 1.29 is 9.47 Å². The van der Waals surface area contributed by atoms with Crippen molar-refractivity contribution in [3.63, 3.8) is 0 Å². The molecule has 0 atom stereocenters. The second-order valence-corrected chi connectivity index (χ2v) is 6.87. The van der Waals surface area contributed by atoms with Gasteiger partial charge in [-0.05, 0) is 50.2 Å². The first-order valence-corrected chi connectivity index (χ1v) is 10.7. The molecule has 9 nitrogen and oxygen atoms in total. The van der Waals surface area contributed by atoms with Crippen molar-refractivity contribution in [2.75, 3.05) is 32.2 Å².